The lowest BCUT2D eigenvalue weighted by atomic mass is 9.86. The monoisotopic (exact) mass is 428 g/mol. The Balaban J connectivity index is 1.51. The number of halogens is 2. The van der Waals surface area contributed by atoms with E-state index < -0.39 is 26.4 Å². The molecular formula is C19H26F2N4O3S. The minimum atomic E-state index is -3.34. The second-order valence-electron chi connectivity index (χ2n) is 8.41. The summed E-state index contributed by atoms with van der Waals surface area (Å²) in [6.07, 6.45) is 3.38. The van der Waals surface area contributed by atoms with Gasteiger partial charge < -0.3 is 9.84 Å². The van der Waals surface area contributed by atoms with Gasteiger partial charge in [-0.25, -0.2) is 21.9 Å². The third-order valence-corrected chi connectivity index (χ3v) is 7.25. The Bertz CT molecular complexity index is 928. The molecule has 1 fully saturated rings. The van der Waals surface area contributed by atoms with E-state index in [0.29, 0.717) is 6.54 Å². The highest BCUT2D eigenvalue weighted by Gasteiger charge is 2.30. The van der Waals surface area contributed by atoms with Crippen molar-refractivity contribution in [3.8, 4) is 11.4 Å². The third-order valence-electron chi connectivity index (χ3n) is 5.09. The number of hydrogen-bond donors (Lipinski definition) is 2. The number of benzene rings is 1. The maximum Gasteiger partial charge on any atom is 0.322 e. The Morgan fingerprint density at radius 1 is 1.10 bits per heavy atom. The van der Waals surface area contributed by atoms with Crippen molar-refractivity contribution in [1.29, 1.82) is 0 Å². The van der Waals surface area contributed by atoms with Crippen molar-refractivity contribution >= 4 is 16.0 Å². The minimum absolute atomic E-state index is 0.108. The molecular weight excluding hydrogens is 402 g/mol. The number of sulfonamides is 1. The van der Waals surface area contributed by atoms with Gasteiger partial charge in [0, 0.05) is 24.2 Å². The molecule has 0 atom stereocenters. The molecule has 1 saturated carbocycles. The van der Waals surface area contributed by atoms with Crippen molar-refractivity contribution < 1.29 is 21.7 Å². The molecule has 3 rings (SSSR count). The number of nitrogens with one attached hydrogen (secondary N) is 2. The molecule has 1 heterocycles. The summed E-state index contributed by atoms with van der Waals surface area (Å²) in [5.74, 6) is -1.03. The molecule has 0 bridgehead atoms. The van der Waals surface area contributed by atoms with Gasteiger partial charge in [-0.3, -0.25) is 0 Å². The molecule has 0 spiro atoms. The Kier molecular flexibility index (Phi) is 6.23. The predicted octanol–water partition coefficient (Wildman–Crippen LogP) is 3.70. The highest BCUT2D eigenvalue weighted by Crippen LogP contribution is 2.27. The van der Waals surface area contributed by atoms with Gasteiger partial charge in [0.1, 0.15) is 11.6 Å². The largest absolute Gasteiger partial charge is 0.335 e. The molecule has 1 aliphatic rings. The first-order valence-corrected chi connectivity index (χ1v) is 11.1. The van der Waals surface area contributed by atoms with Crippen LogP contribution in [-0.4, -0.2) is 35.9 Å². The number of nitrogens with zero attached hydrogens (tertiary/aromatic N) is 2. The van der Waals surface area contributed by atoms with Crippen LogP contribution in [0.4, 0.5) is 14.8 Å². The fourth-order valence-corrected chi connectivity index (χ4v) is 4.10. The van der Waals surface area contributed by atoms with Crippen LogP contribution in [-0.2, 0) is 10.0 Å². The molecule has 160 valence electrons. The SMILES string of the molecule is CC(C)(C)S(=O)(=O)NC[C@H]1CC[C@H](Nc2nc(-c3cc(F)cc(F)c3)no2)CC1. The molecule has 0 radical (unpaired) electrons. The maximum atomic E-state index is 13.3. The van der Waals surface area contributed by atoms with Gasteiger partial charge in [0.15, 0.2) is 0 Å². The third kappa shape index (κ3) is 5.51. The predicted molar refractivity (Wildman–Crippen MR) is 106 cm³/mol. The van der Waals surface area contributed by atoms with E-state index in [-0.39, 0.29) is 29.4 Å². The topological polar surface area (TPSA) is 97.1 Å². The van der Waals surface area contributed by atoms with Crippen LogP contribution >= 0.6 is 0 Å². The highest BCUT2D eigenvalue weighted by atomic mass is 32.2. The molecule has 10 heteroatoms. The van der Waals surface area contributed by atoms with Crippen LogP contribution in [0.2, 0.25) is 0 Å². The average Bonchev–Trinajstić information content (AvgIpc) is 3.08. The molecule has 7 nitrogen and oxygen atoms in total. The van der Waals surface area contributed by atoms with Gasteiger partial charge in [0.2, 0.25) is 15.8 Å². The molecule has 2 N–H and O–H groups in total. The molecule has 0 amide bonds. The van der Waals surface area contributed by atoms with Crippen molar-refractivity contribution in [2.24, 2.45) is 5.92 Å². The van der Waals surface area contributed by atoms with E-state index in [4.69, 9.17) is 4.52 Å². The molecule has 0 aliphatic heterocycles. The average molecular weight is 429 g/mol. The molecule has 0 saturated heterocycles. The van der Waals surface area contributed by atoms with Crippen molar-refractivity contribution in [2.75, 3.05) is 11.9 Å². The second-order valence-corrected chi connectivity index (χ2v) is 10.9. The molecule has 1 aromatic heterocycles. The Morgan fingerprint density at radius 2 is 1.72 bits per heavy atom. The van der Waals surface area contributed by atoms with Crippen molar-refractivity contribution in [3.63, 3.8) is 0 Å². The summed E-state index contributed by atoms with van der Waals surface area (Å²) < 4.78 is 58.1. The second kappa shape index (κ2) is 8.35. The highest BCUT2D eigenvalue weighted by molar-refractivity contribution is 7.90. The first-order valence-electron chi connectivity index (χ1n) is 9.59. The quantitative estimate of drug-likeness (QED) is 0.728. The van der Waals surface area contributed by atoms with Gasteiger partial charge in [0.05, 0.1) is 4.75 Å². The van der Waals surface area contributed by atoms with E-state index in [1.165, 1.54) is 0 Å². The van der Waals surface area contributed by atoms with Gasteiger partial charge in [0.25, 0.3) is 0 Å². The van der Waals surface area contributed by atoms with Crippen LogP contribution in [0.25, 0.3) is 11.4 Å². The Hall–Kier alpha value is -2.07. The summed E-state index contributed by atoms with van der Waals surface area (Å²) in [7, 11) is -3.34. The van der Waals surface area contributed by atoms with E-state index in [2.05, 4.69) is 20.2 Å². The maximum absolute atomic E-state index is 13.3. The van der Waals surface area contributed by atoms with Crippen LogP contribution in [0.3, 0.4) is 0 Å². The summed E-state index contributed by atoms with van der Waals surface area (Å²) in [4.78, 5) is 4.16. The molecule has 1 aromatic carbocycles. The Morgan fingerprint density at radius 3 is 2.31 bits per heavy atom. The van der Waals surface area contributed by atoms with Crippen molar-refractivity contribution in [1.82, 2.24) is 14.9 Å². The molecule has 29 heavy (non-hydrogen) atoms. The van der Waals surface area contributed by atoms with Crippen LogP contribution in [0.5, 0.6) is 0 Å². The summed E-state index contributed by atoms with van der Waals surface area (Å²) in [5.41, 5.74) is 0.203. The summed E-state index contributed by atoms with van der Waals surface area (Å²) in [5, 5.41) is 6.92. The van der Waals surface area contributed by atoms with E-state index in [1.807, 2.05) is 0 Å². The Labute approximate surface area is 169 Å². The van der Waals surface area contributed by atoms with Gasteiger partial charge in [-0.1, -0.05) is 5.16 Å². The van der Waals surface area contributed by atoms with Crippen LogP contribution in [0.15, 0.2) is 22.7 Å². The van der Waals surface area contributed by atoms with Gasteiger partial charge in [-0.15, -0.1) is 0 Å². The van der Waals surface area contributed by atoms with Gasteiger partial charge >= 0.3 is 6.01 Å². The molecule has 0 unspecified atom stereocenters. The lowest BCUT2D eigenvalue weighted by Gasteiger charge is -2.29. The number of rotatable bonds is 6. The van der Waals surface area contributed by atoms with Gasteiger partial charge in [-0.2, -0.15) is 4.98 Å². The first-order chi connectivity index (χ1) is 13.5. The van der Waals surface area contributed by atoms with E-state index in [9.17, 15) is 17.2 Å². The normalized spacial score (nSPS) is 20.6. The zero-order chi connectivity index (χ0) is 21.2. The number of hydrogen-bond acceptors (Lipinski definition) is 6. The van der Waals surface area contributed by atoms with Crippen molar-refractivity contribution in [2.45, 2.75) is 57.2 Å². The van der Waals surface area contributed by atoms with Gasteiger partial charge in [-0.05, 0) is 64.5 Å². The number of aromatic nitrogens is 2. The zero-order valence-corrected chi connectivity index (χ0v) is 17.5. The van der Waals surface area contributed by atoms with E-state index in [0.717, 1.165) is 43.9 Å². The van der Waals surface area contributed by atoms with E-state index >= 15 is 0 Å². The molecule has 2 aromatic rings. The van der Waals surface area contributed by atoms with Crippen molar-refractivity contribution in [3.05, 3.63) is 29.8 Å². The summed E-state index contributed by atoms with van der Waals surface area (Å²) in [6.45, 7) is 5.45. The lowest BCUT2D eigenvalue weighted by molar-refractivity contribution is 0.329. The van der Waals surface area contributed by atoms with Crippen LogP contribution < -0.4 is 10.0 Å². The standard InChI is InChI=1S/C19H26F2N4O3S/c1-19(2,3)29(26,27)22-11-12-4-6-16(7-5-12)23-18-24-17(25-28-18)13-8-14(20)10-15(21)9-13/h8-10,12,16,22H,4-7,11H2,1-3H3,(H,23,24,25)/t12-,16-. The minimum Gasteiger partial charge on any atom is -0.335 e. The fraction of sp³-hybridized carbons (Fsp3) is 0.579. The zero-order valence-electron chi connectivity index (χ0n) is 16.7. The summed E-state index contributed by atoms with van der Waals surface area (Å²) >= 11 is 0. The lowest BCUT2D eigenvalue weighted by Crippen LogP contribution is -2.42. The first kappa shape index (κ1) is 21.6. The van der Waals surface area contributed by atoms with E-state index in [1.54, 1.807) is 20.8 Å². The summed E-state index contributed by atoms with van der Waals surface area (Å²) in [6, 6.07) is 3.37. The molecule has 1 aliphatic carbocycles. The number of anilines is 1. The van der Waals surface area contributed by atoms with Crippen LogP contribution in [0.1, 0.15) is 46.5 Å². The van der Waals surface area contributed by atoms with Crippen LogP contribution in [0, 0.1) is 17.6 Å². The fourth-order valence-electron chi connectivity index (χ4n) is 3.21. The smallest absolute Gasteiger partial charge is 0.322 e.